The number of amides is 3. The van der Waals surface area contributed by atoms with Crippen molar-refractivity contribution in [1.29, 1.82) is 0 Å². The predicted octanol–water partition coefficient (Wildman–Crippen LogP) is 1.50. The average molecular weight is 464 g/mol. The van der Waals surface area contributed by atoms with Gasteiger partial charge in [-0.3, -0.25) is 14.5 Å². The molecule has 2 rings (SSSR count). The summed E-state index contributed by atoms with van der Waals surface area (Å²) in [4.78, 5) is 51.1. The van der Waals surface area contributed by atoms with Crippen LogP contribution in [0.15, 0.2) is 24.3 Å². The Hall–Kier alpha value is -3.30. The smallest absolute Gasteiger partial charge is 0.410 e. The first-order chi connectivity index (χ1) is 15.5. The molecule has 3 amide bonds. The van der Waals surface area contributed by atoms with Crippen molar-refractivity contribution in [2.45, 2.75) is 64.6 Å². The third kappa shape index (κ3) is 8.28. The highest BCUT2D eigenvalue weighted by Crippen LogP contribution is 2.21. The lowest BCUT2D eigenvalue weighted by Gasteiger charge is -2.28. The maximum atomic E-state index is 12.6. The van der Waals surface area contributed by atoms with Gasteiger partial charge in [0.1, 0.15) is 23.4 Å². The van der Waals surface area contributed by atoms with Crippen LogP contribution in [-0.4, -0.2) is 71.3 Å². The monoisotopic (exact) mass is 463 g/mol. The molecule has 0 unspecified atom stereocenters. The molecule has 10 heteroatoms. The molecule has 1 saturated heterocycles. The summed E-state index contributed by atoms with van der Waals surface area (Å²) >= 11 is 0. The molecule has 0 radical (unpaired) electrons. The Morgan fingerprint density at radius 3 is 2.45 bits per heavy atom. The van der Waals surface area contributed by atoms with Crippen molar-refractivity contribution in [3.63, 3.8) is 0 Å². The first-order valence-electron chi connectivity index (χ1n) is 11.0. The molecule has 0 bridgehead atoms. The number of nitrogens with zero attached hydrogens (tertiary/aromatic N) is 1. The molecular formula is C23H33N3O7. The van der Waals surface area contributed by atoms with Gasteiger partial charge in [-0.05, 0) is 58.2 Å². The van der Waals surface area contributed by atoms with E-state index in [2.05, 4.69) is 10.6 Å². The molecule has 1 aromatic carbocycles. The lowest BCUT2D eigenvalue weighted by molar-refractivity contribution is -0.147. The number of ether oxygens (including phenoxy) is 2. The second kappa shape index (κ2) is 11.5. The van der Waals surface area contributed by atoms with Crippen LogP contribution in [-0.2, 0) is 30.3 Å². The van der Waals surface area contributed by atoms with E-state index < -0.39 is 41.6 Å². The van der Waals surface area contributed by atoms with Gasteiger partial charge in [-0.2, -0.15) is 0 Å². The van der Waals surface area contributed by atoms with Gasteiger partial charge in [0.15, 0.2) is 0 Å². The molecule has 0 aliphatic carbocycles. The Labute approximate surface area is 193 Å². The van der Waals surface area contributed by atoms with Crippen LogP contribution in [0.5, 0.6) is 5.75 Å². The number of phenols is 1. The molecule has 2 atom stereocenters. The van der Waals surface area contributed by atoms with Crippen LogP contribution in [0, 0.1) is 0 Å². The second-order valence-corrected chi connectivity index (χ2v) is 8.79. The fourth-order valence-electron chi connectivity index (χ4n) is 3.41. The number of hydrogen-bond acceptors (Lipinski definition) is 7. The molecule has 0 aromatic heterocycles. The van der Waals surface area contributed by atoms with Crippen LogP contribution in [0.4, 0.5) is 4.79 Å². The number of rotatable bonds is 8. The van der Waals surface area contributed by atoms with E-state index in [0.717, 1.165) is 0 Å². The summed E-state index contributed by atoms with van der Waals surface area (Å²) in [7, 11) is 0. The third-order valence-corrected chi connectivity index (χ3v) is 4.89. The summed E-state index contributed by atoms with van der Waals surface area (Å²) in [6, 6.07) is 4.57. The number of aromatic hydroxyl groups is 1. The Bertz CT molecular complexity index is 849. The molecule has 3 N–H and O–H groups in total. The standard InChI is InChI=1S/C23H33N3O7/c1-5-32-21(30)17(13-15-8-10-16(27)11-9-15)25-19(28)14-24-20(29)18-7-6-12-26(18)22(31)33-23(2,3)4/h8-11,17-18,27H,5-7,12-14H2,1-4H3,(H,24,29)(H,25,28)/t17-,18-/m1/s1. The van der Waals surface area contributed by atoms with Crippen molar-refractivity contribution in [2.75, 3.05) is 19.7 Å². The number of phenolic OH excluding ortho intramolecular Hbond substituents is 1. The molecule has 33 heavy (non-hydrogen) atoms. The number of carbonyl (C=O) groups is 4. The largest absolute Gasteiger partial charge is 0.508 e. The zero-order valence-corrected chi connectivity index (χ0v) is 19.6. The highest BCUT2D eigenvalue weighted by molar-refractivity contribution is 5.91. The van der Waals surface area contributed by atoms with E-state index in [1.165, 1.54) is 17.0 Å². The Balaban J connectivity index is 1.93. The number of esters is 1. The summed E-state index contributed by atoms with van der Waals surface area (Å²) in [5.41, 5.74) is 0.0364. The van der Waals surface area contributed by atoms with Crippen molar-refractivity contribution in [1.82, 2.24) is 15.5 Å². The summed E-state index contributed by atoms with van der Waals surface area (Å²) in [5, 5.41) is 14.5. The minimum absolute atomic E-state index is 0.0884. The van der Waals surface area contributed by atoms with E-state index in [4.69, 9.17) is 9.47 Å². The number of carbonyl (C=O) groups excluding carboxylic acids is 4. The maximum absolute atomic E-state index is 12.6. The molecule has 0 spiro atoms. The fraction of sp³-hybridized carbons (Fsp3) is 0.565. The number of benzene rings is 1. The van der Waals surface area contributed by atoms with Crippen LogP contribution >= 0.6 is 0 Å². The van der Waals surface area contributed by atoms with Gasteiger partial charge in [0.05, 0.1) is 13.2 Å². The lowest BCUT2D eigenvalue weighted by atomic mass is 10.1. The van der Waals surface area contributed by atoms with Crippen LogP contribution in [0.2, 0.25) is 0 Å². The Morgan fingerprint density at radius 2 is 1.85 bits per heavy atom. The number of likely N-dealkylation sites (tertiary alicyclic amines) is 1. The zero-order valence-electron chi connectivity index (χ0n) is 19.6. The van der Waals surface area contributed by atoms with Crippen LogP contribution in [0.3, 0.4) is 0 Å². The van der Waals surface area contributed by atoms with Crippen molar-refractivity contribution in [3.8, 4) is 5.75 Å². The Morgan fingerprint density at radius 1 is 1.18 bits per heavy atom. The summed E-state index contributed by atoms with van der Waals surface area (Å²) in [5.74, 6) is -1.54. The van der Waals surface area contributed by atoms with E-state index >= 15 is 0 Å². The molecule has 1 fully saturated rings. The third-order valence-electron chi connectivity index (χ3n) is 4.89. The highest BCUT2D eigenvalue weighted by atomic mass is 16.6. The van der Waals surface area contributed by atoms with E-state index in [0.29, 0.717) is 24.9 Å². The average Bonchev–Trinajstić information content (AvgIpc) is 3.22. The van der Waals surface area contributed by atoms with E-state index in [1.54, 1.807) is 39.8 Å². The van der Waals surface area contributed by atoms with Gasteiger partial charge in [0.25, 0.3) is 0 Å². The zero-order chi connectivity index (χ0) is 24.6. The SMILES string of the molecule is CCOC(=O)[C@@H](Cc1ccc(O)cc1)NC(=O)CNC(=O)[C@H]1CCCN1C(=O)OC(C)(C)C. The summed E-state index contributed by atoms with van der Waals surface area (Å²) < 4.78 is 10.4. The molecule has 1 aliphatic rings. The molecule has 1 heterocycles. The first-order valence-corrected chi connectivity index (χ1v) is 11.0. The van der Waals surface area contributed by atoms with Crippen LogP contribution in [0.1, 0.15) is 46.1 Å². The van der Waals surface area contributed by atoms with Crippen molar-refractivity contribution < 1.29 is 33.8 Å². The van der Waals surface area contributed by atoms with E-state index in [-0.39, 0.29) is 25.3 Å². The molecule has 10 nitrogen and oxygen atoms in total. The van der Waals surface area contributed by atoms with Gasteiger partial charge in [0.2, 0.25) is 11.8 Å². The van der Waals surface area contributed by atoms with Gasteiger partial charge in [-0.25, -0.2) is 9.59 Å². The maximum Gasteiger partial charge on any atom is 0.410 e. The van der Waals surface area contributed by atoms with Crippen molar-refractivity contribution >= 4 is 23.9 Å². The van der Waals surface area contributed by atoms with Gasteiger partial charge in [-0.15, -0.1) is 0 Å². The minimum atomic E-state index is -0.955. The first kappa shape index (κ1) is 26.0. The number of nitrogens with one attached hydrogen (secondary N) is 2. The topological polar surface area (TPSA) is 134 Å². The van der Waals surface area contributed by atoms with E-state index in [9.17, 15) is 24.3 Å². The quantitative estimate of drug-likeness (QED) is 0.497. The molecule has 182 valence electrons. The molecular weight excluding hydrogens is 430 g/mol. The molecule has 0 saturated carbocycles. The van der Waals surface area contributed by atoms with Gasteiger partial charge >= 0.3 is 12.1 Å². The van der Waals surface area contributed by atoms with Crippen LogP contribution < -0.4 is 10.6 Å². The van der Waals surface area contributed by atoms with Gasteiger partial charge in [0, 0.05) is 13.0 Å². The highest BCUT2D eigenvalue weighted by Gasteiger charge is 2.36. The van der Waals surface area contributed by atoms with E-state index in [1.807, 2.05) is 0 Å². The van der Waals surface area contributed by atoms with Gasteiger partial charge < -0.3 is 25.2 Å². The summed E-state index contributed by atoms with van der Waals surface area (Å²) in [6.07, 6.45) is 0.717. The molecule has 1 aliphatic heterocycles. The fourth-order valence-corrected chi connectivity index (χ4v) is 3.41. The number of hydrogen-bond donors (Lipinski definition) is 3. The van der Waals surface area contributed by atoms with Crippen molar-refractivity contribution in [3.05, 3.63) is 29.8 Å². The molecule has 1 aromatic rings. The normalized spacial score (nSPS) is 16.6. The van der Waals surface area contributed by atoms with Crippen LogP contribution in [0.25, 0.3) is 0 Å². The lowest BCUT2D eigenvalue weighted by Crippen LogP contribution is -2.51. The summed E-state index contributed by atoms with van der Waals surface area (Å²) in [6.45, 7) is 7.10. The minimum Gasteiger partial charge on any atom is -0.508 e. The van der Waals surface area contributed by atoms with Crippen molar-refractivity contribution in [2.24, 2.45) is 0 Å². The second-order valence-electron chi connectivity index (χ2n) is 8.79. The predicted molar refractivity (Wildman–Crippen MR) is 119 cm³/mol. The van der Waals surface area contributed by atoms with Gasteiger partial charge in [-0.1, -0.05) is 12.1 Å². The Kier molecular flexibility index (Phi) is 9.07.